The molecule has 1 saturated heterocycles. The van der Waals surface area contributed by atoms with Gasteiger partial charge < -0.3 is 19.1 Å². The number of rotatable bonds is 6. The number of hydrogen-bond donors (Lipinski definition) is 0. The van der Waals surface area contributed by atoms with Gasteiger partial charge in [-0.15, -0.1) is 0 Å². The van der Waals surface area contributed by atoms with Crippen LogP contribution >= 0.6 is 11.6 Å². The van der Waals surface area contributed by atoms with E-state index >= 15 is 0 Å². The number of amides is 2. The van der Waals surface area contributed by atoms with Crippen LogP contribution in [0.5, 0.6) is 0 Å². The molecule has 2 amide bonds. The van der Waals surface area contributed by atoms with Crippen molar-refractivity contribution in [3.05, 3.63) is 58.9 Å². The van der Waals surface area contributed by atoms with Gasteiger partial charge >= 0.3 is 6.09 Å². The van der Waals surface area contributed by atoms with Crippen LogP contribution in [-0.2, 0) is 37.9 Å². The number of anilines is 1. The van der Waals surface area contributed by atoms with Crippen LogP contribution in [0.15, 0.2) is 42.5 Å². The highest BCUT2D eigenvalue weighted by Crippen LogP contribution is 2.48. The van der Waals surface area contributed by atoms with Crippen molar-refractivity contribution in [2.45, 2.75) is 64.1 Å². The van der Waals surface area contributed by atoms with Crippen LogP contribution < -0.4 is 4.90 Å². The van der Waals surface area contributed by atoms with Gasteiger partial charge in [-0.25, -0.2) is 18.2 Å². The molecule has 0 atom stereocenters. The number of fused-ring (bicyclic) bond motifs is 3. The molecule has 11 heteroatoms. The van der Waals surface area contributed by atoms with E-state index < -0.39 is 20.9 Å². The molecule has 0 radical (unpaired) electrons. The highest BCUT2D eigenvalue weighted by atomic mass is 35.5. The lowest BCUT2D eigenvalue weighted by Crippen LogP contribution is -2.51. The van der Waals surface area contributed by atoms with E-state index in [1.807, 2.05) is 55.7 Å². The Morgan fingerprint density at radius 2 is 1.82 bits per heavy atom. The zero-order valence-corrected chi connectivity index (χ0v) is 24.9. The third kappa shape index (κ3) is 5.56. The van der Waals surface area contributed by atoms with Gasteiger partial charge in [-0.3, -0.25) is 4.79 Å². The molecule has 0 bridgehead atoms. The molecule has 0 N–H and O–H groups in total. The molecule has 3 aromatic rings. The number of likely N-dealkylation sites (tertiary alicyclic amines) is 1. The number of aromatic nitrogens is 2. The fourth-order valence-electron chi connectivity index (χ4n) is 5.78. The Morgan fingerprint density at radius 3 is 2.50 bits per heavy atom. The highest BCUT2D eigenvalue weighted by Gasteiger charge is 2.52. The van der Waals surface area contributed by atoms with Crippen molar-refractivity contribution in [1.29, 1.82) is 0 Å². The molecule has 0 saturated carbocycles. The number of carbonyl (C=O) groups is 2. The number of aryl methyl sites for hydroxylation is 1. The number of nitrogens with zero attached hydrogens (tertiary/aromatic N) is 4. The Kier molecular flexibility index (Phi) is 7.37. The van der Waals surface area contributed by atoms with E-state index in [0.717, 1.165) is 16.8 Å². The van der Waals surface area contributed by atoms with Crippen LogP contribution in [0.1, 0.15) is 51.4 Å². The Bertz CT molecular complexity index is 1570. The minimum Gasteiger partial charge on any atom is -0.444 e. The summed E-state index contributed by atoms with van der Waals surface area (Å²) in [6.07, 6.45) is 2.29. The van der Waals surface area contributed by atoms with Gasteiger partial charge in [0.15, 0.2) is 0 Å². The molecule has 2 aromatic carbocycles. The third-order valence-corrected chi connectivity index (χ3v) is 8.88. The number of imidazole rings is 1. The lowest BCUT2D eigenvalue weighted by molar-refractivity contribution is -0.125. The van der Waals surface area contributed by atoms with Crippen LogP contribution in [0, 0.1) is 0 Å². The van der Waals surface area contributed by atoms with E-state index in [2.05, 4.69) is 0 Å². The van der Waals surface area contributed by atoms with E-state index in [4.69, 9.17) is 21.3 Å². The summed E-state index contributed by atoms with van der Waals surface area (Å²) >= 11 is 6.24. The lowest BCUT2D eigenvalue weighted by Gasteiger charge is -2.38. The number of halogens is 1. The summed E-state index contributed by atoms with van der Waals surface area (Å²) in [6, 6.07) is 13.3. The molecule has 2 aliphatic rings. The second-order valence-electron chi connectivity index (χ2n) is 11.8. The van der Waals surface area contributed by atoms with E-state index in [1.54, 1.807) is 21.9 Å². The minimum atomic E-state index is -3.12. The predicted octanol–water partition coefficient (Wildman–Crippen LogP) is 4.94. The van der Waals surface area contributed by atoms with Gasteiger partial charge in [0.05, 0.1) is 28.7 Å². The lowest BCUT2D eigenvalue weighted by atomic mass is 9.74. The average molecular weight is 587 g/mol. The van der Waals surface area contributed by atoms with Gasteiger partial charge in [0, 0.05) is 36.6 Å². The monoisotopic (exact) mass is 586 g/mol. The molecule has 40 heavy (non-hydrogen) atoms. The molecule has 9 nitrogen and oxygen atoms in total. The van der Waals surface area contributed by atoms with Gasteiger partial charge in [-0.1, -0.05) is 29.8 Å². The van der Waals surface area contributed by atoms with Gasteiger partial charge in [-0.2, -0.15) is 0 Å². The topological polar surface area (TPSA) is 102 Å². The molecule has 0 aliphatic carbocycles. The van der Waals surface area contributed by atoms with Gasteiger partial charge in [0.25, 0.3) is 0 Å². The number of para-hydroxylation sites is 1. The normalized spacial score (nSPS) is 17.1. The summed E-state index contributed by atoms with van der Waals surface area (Å²) < 4.78 is 31.1. The quantitative estimate of drug-likeness (QED) is 0.405. The second-order valence-corrected chi connectivity index (χ2v) is 14.5. The molecule has 1 spiro atoms. The summed E-state index contributed by atoms with van der Waals surface area (Å²) in [6.45, 7) is 7.05. The van der Waals surface area contributed by atoms with Crippen LogP contribution in [0.3, 0.4) is 0 Å². The van der Waals surface area contributed by atoms with Crippen molar-refractivity contribution in [1.82, 2.24) is 14.5 Å². The molecular weight excluding hydrogens is 552 g/mol. The van der Waals surface area contributed by atoms with Crippen LogP contribution in [-0.4, -0.2) is 65.6 Å². The molecule has 0 unspecified atom stereocenters. The Hall–Kier alpha value is -3.11. The predicted molar refractivity (Wildman–Crippen MR) is 155 cm³/mol. The van der Waals surface area contributed by atoms with Crippen molar-refractivity contribution in [2.75, 3.05) is 30.0 Å². The summed E-state index contributed by atoms with van der Waals surface area (Å²) in [7, 11) is -3.12. The van der Waals surface area contributed by atoms with Crippen LogP contribution in [0.2, 0.25) is 5.02 Å². The zero-order valence-electron chi connectivity index (χ0n) is 23.3. The number of hydrogen-bond acceptors (Lipinski definition) is 6. The maximum Gasteiger partial charge on any atom is 0.410 e. The first-order chi connectivity index (χ1) is 18.8. The number of carbonyl (C=O) groups excluding carboxylic acids is 2. The SMILES string of the molecule is CC(C)(C)OC(=O)N1CCC2(CC1)C(=O)N(Cc1nc3cc(Cl)ccc3n1CCCS(C)(=O)=O)c1ccccc12. The van der Waals surface area contributed by atoms with Gasteiger partial charge in [0.1, 0.15) is 21.3 Å². The Labute approximate surface area is 240 Å². The van der Waals surface area contributed by atoms with E-state index in [1.165, 1.54) is 6.26 Å². The number of ether oxygens (including phenoxy) is 1. The molecule has 1 fully saturated rings. The number of piperidine rings is 1. The van der Waals surface area contributed by atoms with Crippen molar-refractivity contribution < 1.29 is 22.7 Å². The summed E-state index contributed by atoms with van der Waals surface area (Å²) in [5.74, 6) is 0.713. The van der Waals surface area contributed by atoms with Crippen molar-refractivity contribution in [3.63, 3.8) is 0 Å². The van der Waals surface area contributed by atoms with Gasteiger partial charge in [0.2, 0.25) is 5.91 Å². The van der Waals surface area contributed by atoms with Gasteiger partial charge in [-0.05, 0) is 69.9 Å². The summed E-state index contributed by atoms with van der Waals surface area (Å²) in [4.78, 5) is 35.2. The maximum absolute atomic E-state index is 14.2. The molecule has 3 heterocycles. The molecule has 5 rings (SSSR count). The minimum absolute atomic E-state index is 0.00897. The maximum atomic E-state index is 14.2. The number of benzene rings is 2. The second kappa shape index (κ2) is 10.4. The molecule has 1 aromatic heterocycles. The number of sulfone groups is 1. The fraction of sp³-hybridized carbons (Fsp3) is 0.483. The van der Waals surface area contributed by atoms with E-state index in [-0.39, 0.29) is 24.3 Å². The average Bonchev–Trinajstić information content (AvgIpc) is 3.31. The Morgan fingerprint density at radius 1 is 1.12 bits per heavy atom. The standard InChI is InChI=1S/C29H35ClN4O5S/c1-28(2,3)39-27(36)32-15-12-29(13-16-32)21-8-5-6-9-23(21)34(26(29)35)19-25-31-22-18-20(30)10-11-24(22)33(25)14-7-17-40(4,37)38/h5-6,8-11,18H,7,12-17,19H2,1-4H3. The largest absolute Gasteiger partial charge is 0.444 e. The fourth-order valence-corrected chi connectivity index (χ4v) is 6.60. The van der Waals surface area contributed by atoms with E-state index in [9.17, 15) is 18.0 Å². The van der Waals surface area contributed by atoms with Crippen molar-refractivity contribution in [2.24, 2.45) is 0 Å². The zero-order chi connectivity index (χ0) is 28.9. The Balaban J connectivity index is 1.44. The van der Waals surface area contributed by atoms with Crippen molar-refractivity contribution >= 4 is 50.2 Å². The van der Waals surface area contributed by atoms with E-state index in [0.29, 0.717) is 55.3 Å². The molecule has 214 valence electrons. The summed E-state index contributed by atoms with van der Waals surface area (Å²) in [5.41, 5.74) is 2.02. The first kappa shape index (κ1) is 28.4. The van der Waals surface area contributed by atoms with Crippen LogP contribution in [0.4, 0.5) is 10.5 Å². The van der Waals surface area contributed by atoms with Crippen LogP contribution in [0.25, 0.3) is 11.0 Å². The molecular formula is C29H35ClN4O5S. The smallest absolute Gasteiger partial charge is 0.410 e. The highest BCUT2D eigenvalue weighted by molar-refractivity contribution is 7.90. The third-order valence-electron chi connectivity index (χ3n) is 7.62. The first-order valence-corrected chi connectivity index (χ1v) is 15.9. The molecule has 2 aliphatic heterocycles. The first-order valence-electron chi connectivity index (χ1n) is 13.5. The summed E-state index contributed by atoms with van der Waals surface area (Å²) in [5, 5.41) is 0.554. The van der Waals surface area contributed by atoms with Crippen molar-refractivity contribution in [3.8, 4) is 0 Å².